The minimum atomic E-state index is -0.448. The Labute approximate surface area is 78.6 Å². The number of ketones is 1. The van der Waals surface area contributed by atoms with Gasteiger partial charge in [-0.3, -0.25) is 4.79 Å². The Balaban J connectivity index is 3.38. The summed E-state index contributed by atoms with van der Waals surface area (Å²) in [5.41, 5.74) is 7.37. The van der Waals surface area contributed by atoms with E-state index in [1.807, 2.05) is 12.5 Å². The molecule has 0 aliphatic carbocycles. The van der Waals surface area contributed by atoms with E-state index in [1.165, 1.54) is 0 Å². The number of hydroxylamine groups is 1. The van der Waals surface area contributed by atoms with Gasteiger partial charge in [-0.2, -0.15) is 5.48 Å². The number of carbonyl (C=O) groups is 1. The summed E-state index contributed by atoms with van der Waals surface area (Å²) in [6, 6.07) is -0.448. The van der Waals surface area contributed by atoms with Gasteiger partial charge in [0.15, 0.2) is 5.78 Å². The summed E-state index contributed by atoms with van der Waals surface area (Å²) in [6.07, 6.45) is 2.63. The van der Waals surface area contributed by atoms with Crippen LogP contribution in [-0.2, 0) is 4.79 Å². The monoisotopic (exact) mass is 189 g/mol. The third kappa shape index (κ3) is 6.65. The second-order valence-electron chi connectivity index (χ2n) is 3.01. The van der Waals surface area contributed by atoms with Gasteiger partial charge in [-0.05, 0) is 26.4 Å². The Kier molecular flexibility index (Phi) is 7.82. The first-order valence-electron chi connectivity index (χ1n) is 4.52. The molecule has 0 fully saturated rings. The van der Waals surface area contributed by atoms with Crippen LogP contribution in [0, 0.1) is 0 Å². The predicted octanol–water partition coefficient (Wildman–Crippen LogP) is -0.749. The van der Waals surface area contributed by atoms with E-state index in [0.717, 1.165) is 19.4 Å². The number of rotatable bonds is 8. The summed E-state index contributed by atoms with van der Waals surface area (Å²) in [6.45, 7) is 0.881. The Morgan fingerprint density at radius 3 is 2.77 bits per heavy atom. The number of hydrogen-bond acceptors (Lipinski definition) is 5. The Bertz CT molecular complexity index is 141. The molecule has 0 aliphatic heterocycles. The van der Waals surface area contributed by atoms with Gasteiger partial charge >= 0.3 is 0 Å². The van der Waals surface area contributed by atoms with Gasteiger partial charge in [0.1, 0.15) is 0 Å². The summed E-state index contributed by atoms with van der Waals surface area (Å²) in [5, 5.41) is 11.3. The van der Waals surface area contributed by atoms with Gasteiger partial charge in [0.25, 0.3) is 0 Å². The average molecular weight is 189 g/mol. The highest BCUT2D eigenvalue weighted by Crippen LogP contribution is 1.98. The van der Waals surface area contributed by atoms with Crippen LogP contribution < -0.4 is 16.5 Å². The van der Waals surface area contributed by atoms with Gasteiger partial charge in [-0.15, -0.1) is 0 Å². The lowest BCUT2D eigenvalue weighted by Crippen LogP contribution is -2.36. The third-order valence-corrected chi connectivity index (χ3v) is 1.86. The van der Waals surface area contributed by atoms with Crippen molar-refractivity contribution in [1.82, 2.24) is 10.8 Å². The van der Waals surface area contributed by atoms with Gasteiger partial charge < -0.3 is 16.3 Å². The fourth-order valence-corrected chi connectivity index (χ4v) is 1.04. The largest absolute Gasteiger partial charge is 0.321 e. The van der Waals surface area contributed by atoms with Crippen LogP contribution >= 0.6 is 0 Å². The van der Waals surface area contributed by atoms with Crippen molar-refractivity contribution >= 4 is 5.78 Å². The summed E-state index contributed by atoms with van der Waals surface area (Å²) in [4.78, 5) is 11.0. The molecular weight excluding hydrogens is 170 g/mol. The second kappa shape index (κ2) is 8.12. The SMILES string of the molecule is CNCCCC[C@H](N)C(=O)CNO. The molecule has 0 aromatic rings. The van der Waals surface area contributed by atoms with Gasteiger partial charge in [0, 0.05) is 0 Å². The first-order valence-corrected chi connectivity index (χ1v) is 4.52. The fourth-order valence-electron chi connectivity index (χ4n) is 1.04. The van der Waals surface area contributed by atoms with E-state index in [2.05, 4.69) is 5.32 Å². The molecule has 0 aromatic carbocycles. The van der Waals surface area contributed by atoms with Crippen LogP contribution in [0.4, 0.5) is 0 Å². The van der Waals surface area contributed by atoms with E-state index >= 15 is 0 Å². The zero-order valence-electron chi connectivity index (χ0n) is 8.05. The van der Waals surface area contributed by atoms with Crippen molar-refractivity contribution in [2.24, 2.45) is 5.73 Å². The Morgan fingerprint density at radius 1 is 1.54 bits per heavy atom. The molecule has 0 saturated carbocycles. The van der Waals surface area contributed by atoms with Gasteiger partial charge in [0.05, 0.1) is 12.6 Å². The minimum Gasteiger partial charge on any atom is -0.321 e. The summed E-state index contributed by atoms with van der Waals surface area (Å²) in [7, 11) is 1.89. The molecule has 5 N–H and O–H groups in total. The fraction of sp³-hybridized carbons (Fsp3) is 0.875. The minimum absolute atomic E-state index is 0.0623. The van der Waals surface area contributed by atoms with Crippen LogP contribution in [0.25, 0.3) is 0 Å². The van der Waals surface area contributed by atoms with Crippen molar-refractivity contribution in [1.29, 1.82) is 0 Å². The van der Waals surface area contributed by atoms with Crippen LogP contribution in [0.3, 0.4) is 0 Å². The lowest BCUT2D eigenvalue weighted by atomic mass is 10.1. The maximum Gasteiger partial charge on any atom is 0.165 e. The molecule has 78 valence electrons. The number of carbonyl (C=O) groups excluding carboxylic acids is 1. The van der Waals surface area contributed by atoms with E-state index in [9.17, 15) is 4.79 Å². The smallest absolute Gasteiger partial charge is 0.165 e. The molecular formula is C8H19N3O2. The zero-order valence-corrected chi connectivity index (χ0v) is 8.05. The molecule has 0 bridgehead atoms. The van der Waals surface area contributed by atoms with Crippen molar-refractivity contribution in [3.63, 3.8) is 0 Å². The maximum atomic E-state index is 11.0. The highest BCUT2D eigenvalue weighted by molar-refractivity contribution is 5.85. The molecule has 0 radical (unpaired) electrons. The average Bonchev–Trinajstić information content (AvgIpc) is 2.12. The van der Waals surface area contributed by atoms with E-state index in [4.69, 9.17) is 10.9 Å². The molecule has 0 rings (SSSR count). The van der Waals surface area contributed by atoms with Crippen LogP contribution in [0.2, 0.25) is 0 Å². The molecule has 0 heterocycles. The number of Topliss-reactive ketones (excluding diaryl/α,β-unsaturated/α-hetero) is 1. The lowest BCUT2D eigenvalue weighted by Gasteiger charge is -2.09. The molecule has 0 saturated heterocycles. The third-order valence-electron chi connectivity index (χ3n) is 1.86. The summed E-state index contributed by atoms with van der Waals surface area (Å²) >= 11 is 0. The molecule has 0 unspecified atom stereocenters. The van der Waals surface area contributed by atoms with Crippen LogP contribution in [0.1, 0.15) is 19.3 Å². The molecule has 5 nitrogen and oxygen atoms in total. The highest BCUT2D eigenvalue weighted by atomic mass is 16.5. The van der Waals surface area contributed by atoms with E-state index in [1.54, 1.807) is 0 Å². The molecule has 5 heteroatoms. The van der Waals surface area contributed by atoms with Crippen LogP contribution in [-0.4, -0.2) is 37.2 Å². The molecule has 13 heavy (non-hydrogen) atoms. The Morgan fingerprint density at radius 2 is 2.23 bits per heavy atom. The Hall–Kier alpha value is -0.490. The van der Waals surface area contributed by atoms with Crippen LogP contribution in [0.15, 0.2) is 0 Å². The van der Waals surface area contributed by atoms with Gasteiger partial charge in [-0.25, -0.2) is 0 Å². The number of nitrogens with two attached hydrogens (primary N) is 1. The maximum absolute atomic E-state index is 11.0. The molecule has 1 atom stereocenters. The predicted molar refractivity (Wildman–Crippen MR) is 50.5 cm³/mol. The number of unbranched alkanes of at least 4 members (excludes halogenated alkanes) is 1. The molecule has 0 aliphatic rings. The van der Waals surface area contributed by atoms with Gasteiger partial charge in [-0.1, -0.05) is 6.42 Å². The molecule has 0 amide bonds. The summed E-state index contributed by atoms with van der Waals surface area (Å²) < 4.78 is 0. The van der Waals surface area contributed by atoms with Crippen LogP contribution in [0.5, 0.6) is 0 Å². The van der Waals surface area contributed by atoms with E-state index in [-0.39, 0.29) is 12.3 Å². The van der Waals surface area contributed by atoms with Crippen molar-refractivity contribution in [3.05, 3.63) is 0 Å². The van der Waals surface area contributed by atoms with Crippen molar-refractivity contribution in [3.8, 4) is 0 Å². The topological polar surface area (TPSA) is 87.4 Å². The normalized spacial score (nSPS) is 12.8. The standard InChI is InChI=1S/C8H19N3O2/c1-10-5-3-2-4-7(9)8(12)6-11-13/h7,10-11,13H,2-6,9H2,1H3/t7-/m0/s1. The first-order chi connectivity index (χ1) is 6.22. The van der Waals surface area contributed by atoms with Gasteiger partial charge in [0.2, 0.25) is 0 Å². The van der Waals surface area contributed by atoms with Crippen molar-refractivity contribution in [2.45, 2.75) is 25.3 Å². The second-order valence-corrected chi connectivity index (χ2v) is 3.01. The zero-order chi connectivity index (χ0) is 10.1. The first kappa shape index (κ1) is 12.5. The lowest BCUT2D eigenvalue weighted by molar-refractivity contribution is -0.121. The van der Waals surface area contributed by atoms with Crippen molar-refractivity contribution < 1.29 is 10.0 Å². The van der Waals surface area contributed by atoms with Crippen molar-refractivity contribution in [2.75, 3.05) is 20.1 Å². The molecule has 0 aromatic heterocycles. The summed E-state index contributed by atoms with van der Waals surface area (Å²) in [5.74, 6) is -0.146. The van der Waals surface area contributed by atoms with E-state index in [0.29, 0.717) is 6.42 Å². The quantitative estimate of drug-likeness (QED) is 0.298. The molecule has 0 spiro atoms. The number of hydrogen-bond donors (Lipinski definition) is 4. The van der Waals surface area contributed by atoms with E-state index < -0.39 is 6.04 Å². The number of nitrogens with one attached hydrogen (secondary N) is 2. The highest BCUT2D eigenvalue weighted by Gasteiger charge is 2.11.